The van der Waals surface area contributed by atoms with Crippen LogP contribution < -0.4 is 20.2 Å². The van der Waals surface area contributed by atoms with Gasteiger partial charge in [-0.25, -0.2) is 15.0 Å². The van der Waals surface area contributed by atoms with Crippen molar-refractivity contribution in [3.8, 4) is 0 Å². The lowest BCUT2D eigenvalue weighted by molar-refractivity contribution is -0.156. The number of esters is 4. The fourth-order valence-electron chi connectivity index (χ4n) is 14.2. The summed E-state index contributed by atoms with van der Waals surface area (Å²) in [4.78, 5) is 106. The first-order valence-corrected chi connectivity index (χ1v) is 38.3. The number of halogens is 2. The van der Waals surface area contributed by atoms with Crippen molar-refractivity contribution in [2.75, 3.05) is 34.3 Å². The predicted octanol–water partition coefficient (Wildman–Crippen LogP) is 11.4. The summed E-state index contributed by atoms with van der Waals surface area (Å²) in [7, 11) is -2.71. The van der Waals surface area contributed by atoms with E-state index >= 15 is 0 Å². The number of carbonyl (C=O) groups excluding carboxylic acids is 7. The molecule has 11 heterocycles. The number of aromatic nitrogens is 3. The van der Waals surface area contributed by atoms with Gasteiger partial charge in [-0.2, -0.15) is 0 Å². The van der Waals surface area contributed by atoms with Crippen molar-refractivity contribution >= 4 is 143 Å². The molecule has 2 fully saturated rings. The average Bonchev–Trinajstić information content (AvgIpc) is 1.57. The molecule has 31 heteroatoms. The summed E-state index contributed by atoms with van der Waals surface area (Å²) in [5.41, 5.74) is 8.67. The second-order valence-electron chi connectivity index (χ2n) is 31.9. The van der Waals surface area contributed by atoms with E-state index in [-0.39, 0.29) is 76.2 Å². The zero-order valence-corrected chi connectivity index (χ0v) is 67.0. The molecular weight excluding hydrogens is 1440 g/mol. The highest BCUT2D eigenvalue weighted by Crippen LogP contribution is 2.50. The first kappa shape index (κ1) is 81.1. The molecule has 0 spiro atoms. The molecule has 0 saturated carbocycles. The van der Waals surface area contributed by atoms with Crippen molar-refractivity contribution in [2.24, 2.45) is 16.2 Å². The van der Waals surface area contributed by atoms with Crippen LogP contribution in [0.3, 0.4) is 0 Å². The first-order chi connectivity index (χ1) is 48.9. The van der Waals surface area contributed by atoms with Gasteiger partial charge in [0.1, 0.15) is 30.7 Å². The number of fused-ring (bicyclic) bond motifs is 9. The Morgan fingerprint density at radius 2 is 0.781 bits per heavy atom. The smallest absolute Gasteiger partial charge is 0.461 e. The maximum absolute atomic E-state index is 13.3. The number of ether oxygens (including phenoxy) is 3. The summed E-state index contributed by atoms with van der Waals surface area (Å²) in [6, 6.07) is 4.73. The van der Waals surface area contributed by atoms with Crippen LogP contribution in [-0.4, -0.2) is 135 Å². The Hall–Kier alpha value is -6.47. The molecule has 0 bridgehead atoms. The van der Waals surface area contributed by atoms with Crippen LogP contribution in [0, 0.1) is 16.2 Å². The molecule has 2 saturated heterocycles. The van der Waals surface area contributed by atoms with Gasteiger partial charge in [-0.1, -0.05) is 64.7 Å². The number of aliphatic hydroxyl groups is 1. The minimum absolute atomic E-state index is 0.00308. The second-order valence-corrected chi connectivity index (χ2v) is 36.1. The van der Waals surface area contributed by atoms with Gasteiger partial charge in [-0.05, 0) is 186 Å². The van der Waals surface area contributed by atoms with Crippen LogP contribution in [0.15, 0.2) is 36.8 Å². The summed E-state index contributed by atoms with van der Waals surface area (Å²) in [6.45, 7) is 36.0. The fraction of sp³-hybridized carbons (Fsp3) is 0.541. The van der Waals surface area contributed by atoms with Crippen molar-refractivity contribution < 1.29 is 81.5 Å². The number of aliphatic hydroxyl groups excluding tert-OH is 1. The number of anilines is 3. The van der Waals surface area contributed by atoms with Gasteiger partial charge in [0.2, 0.25) is 0 Å². The Labute approximate surface area is 636 Å². The normalized spacial score (nSPS) is 19.5. The second kappa shape index (κ2) is 30.9. The molecule has 0 atom stereocenters. The van der Waals surface area contributed by atoms with Crippen molar-refractivity contribution in [3.05, 3.63) is 126 Å². The highest BCUT2D eigenvalue weighted by atomic mass is 35.5. The van der Waals surface area contributed by atoms with E-state index < -0.39 is 45.0 Å². The van der Waals surface area contributed by atoms with E-state index in [4.69, 9.17) is 51.3 Å². The Bertz CT molecular complexity index is 4340. The van der Waals surface area contributed by atoms with Gasteiger partial charge in [-0.15, -0.1) is 34.0 Å². The molecule has 3 amide bonds. The van der Waals surface area contributed by atoms with Crippen LogP contribution >= 0.6 is 57.2 Å². The van der Waals surface area contributed by atoms with Crippen LogP contribution in [-0.2, 0) is 130 Å². The molecule has 105 heavy (non-hydrogen) atoms. The molecule has 0 unspecified atom stereocenters. The van der Waals surface area contributed by atoms with Gasteiger partial charge >= 0.3 is 45.0 Å². The molecular formula is C74H93B3Cl2N6O17S3. The molecule has 0 aromatic carbocycles. The minimum Gasteiger partial charge on any atom is -0.461 e. The summed E-state index contributed by atoms with van der Waals surface area (Å²) < 4.78 is 38.0. The lowest BCUT2D eigenvalue weighted by Gasteiger charge is -2.32. The van der Waals surface area contributed by atoms with E-state index in [1.54, 1.807) is 73.2 Å². The molecule has 14 rings (SSSR count). The maximum Gasteiger partial charge on any atom is 0.489 e. The summed E-state index contributed by atoms with van der Waals surface area (Å²) in [5, 5.41) is 29.9. The van der Waals surface area contributed by atoms with Crippen molar-refractivity contribution in [2.45, 2.75) is 225 Å². The Morgan fingerprint density at radius 3 is 1.09 bits per heavy atom. The van der Waals surface area contributed by atoms with E-state index in [1.807, 2.05) is 55.4 Å². The molecule has 3 aliphatic carbocycles. The molecule has 3 N–H and O–H groups in total. The van der Waals surface area contributed by atoms with Gasteiger partial charge < -0.3 is 48.0 Å². The predicted molar refractivity (Wildman–Crippen MR) is 407 cm³/mol. The van der Waals surface area contributed by atoms with Gasteiger partial charge in [0, 0.05) is 91.7 Å². The number of pyridine rings is 3. The van der Waals surface area contributed by atoms with Crippen LogP contribution in [0.2, 0.25) is 10.0 Å². The fourth-order valence-corrected chi connectivity index (χ4v) is 19.3. The lowest BCUT2D eigenvalue weighted by Crippen LogP contribution is -2.41. The SMILES string of the molecule is CC(=O)OC(C)=O.CC(=O)OCc1c(B(O)O)ccnc1N1CCc2c(sc3c2CC(C)(C)C3)C1=O.CC(=O)OCc1c(Cl)ccnc1N1CCc2c(sc3c2CC(C)(C)C3)C1=O.CC1(C)Cc2sc3c(c2C1)CCN(c1nccc(Cl)c1CO)C3=O.CC1(C)OB(B2OC(C)(C)C(C)(C)O2)OC1(C)C. The van der Waals surface area contributed by atoms with E-state index in [9.17, 15) is 48.7 Å². The summed E-state index contributed by atoms with van der Waals surface area (Å²) in [6.07, 6.45) is 13.1. The molecule has 23 nitrogen and oxygen atoms in total. The maximum atomic E-state index is 13.3. The van der Waals surface area contributed by atoms with E-state index in [0.717, 1.165) is 78.0 Å². The molecule has 6 aromatic rings. The van der Waals surface area contributed by atoms with Gasteiger partial charge in [0.15, 0.2) is 0 Å². The Balaban J connectivity index is 0.000000147. The number of rotatable bonds is 10. The molecule has 0 radical (unpaired) electrons. The number of nitrogens with zero attached hydrogens (tertiary/aromatic N) is 6. The Kier molecular flexibility index (Phi) is 23.8. The van der Waals surface area contributed by atoms with Crippen LogP contribution in [0.4, 0.5) is 17.5 Å². The summed E-state index contributed by atoms with van der Waals surface area (Å²) >= 11 is 17.3. The highest BCUT2D eigenvalue weighted by molar-refractivity contribution is 7.15. The number of amides is 3. The van der Waals surface area contributed by atoms with E-state index in [0.29, 0.717) is 69.2 Å². The number of carbonyl (C=O) groups is 7. The van der Waals surface area contributed by atoms with Crippen molar-refractivity contribution in [1.29, 1.82) is 0 Å². The third-order valence-electron chi connectivity index (χ3n) is 20.7. The number of hydrogen-bond acceptors (Lipinski definition) is 23. The molecule has 562 valence electrons. The van der Waals surface area contributed by atoms with Gasteiger partial charge in [0.25, 0.3) is 17.7 Å². The molecule has 8 aliphatic rings. The van der Waals surface area contributed by atoms with Crippen molar-refractivity contribution in [3.63, 3.8) is 0 Å². The van der Waals surface area contributed by atoms with Crippen molar-refractivity contribution in [1.82, 2.24) is 15.0 Å². The van der Waals surface area contributed by atoms with Crippen LogP contribution in [0.5, 0.6) is 0 Å². The third-order valence-corrected chi connectivity index (χ3v) is 25.2. The largest absolute Gasteiger partial charge is 0.489 e. The third kappa shape index (κ3) is 17.3. The Morgan fingerprint density at radius 1 is 0.476 bits per heavy atom. The topological polar surface area (TPSA) is 293 Å². The van der Waals surface area contributed by atoms with Gasteiger partial charge in [0.05, 0.1) is 59.3 Å². The summed E-state index contributed by atoms with van der Waals surface area (Å²) in [5.74, 6) is -0.938. The standard InChI is InChI=1S/C20H23BN2O5S.C20H21ClN2O3S.C18H19ClN2O2S.C12H24B2O4.C4H6O3/c1-11(24)28-10-14-15(21(26)27)4-6-22-18(14)23-7-5-12-13-8-20(2,3)9-16(13)29-17(12)19(23)25;1-11(24)26-10-14-15(21)4-6-22-18(14)23-7-5-12-13-8-20(2,3)9-16(13)27-17(12)19(23)25;1-18(2)7-11-10-4-6-21(17(23)15(10)24-14(11)8-18)16-12(9-22)13(19)3-5-20-16;1-9(2)10(3,4)16-13(15-9)14-17-11(5,6)12(7,8)18-14;1-3(5)7-4(2)6/h4,6,26-27H,5,7-10H2,1-3H3;4,6H,5,7-10H2,1-3H3;3,5,22H,4,6-9H2,1-2H3;1-8H3;1-2H3. The van der Waals surface area contributed by atoms with E-state index in [2.05, 4.69) is 61.2 Å². The zero-order valence-electron chi connectivity index (χ0n) is 63.0. The average molecular weight is 1540 g/mol. The molecule has 5 aliphatic heterocycles. The zero-order chi connectivity index (χ0) is 77.2. The molecule has 6 aromatic heterocycles. The quantitative estimate of drug-likeness (QED) is 0.0497. The van der Waals surface area contributed by atoms with E-state index in [1.165, 1.54) is 82.4 Å². The van der Waals surface area contributed by atoms with Gasteiger partial charge in [-0.3, -0.25) is 48.3 Å². The minimum atomic E-state index is -1.76. The monoisotopic (exact) mass is 1540 g/mol. The first-order valence-electron chi connectivity index (χ1n) is 35.1. The lowest BCUT2D eigenvalue weighted by atomic mass is 9.49. The van der Waals surface area contributed by atoms with Crippen LogP contribution in [0.25, 0.3) is 0 Å². The number of hydrogen-bond donors (Lipinski definition) is 3. The highest BCUT2D eigenvalue weighted by Gasteiger charge is 2.64. The number of thiophene rings is 3. The van der Waals surface area contributed by atoms with Crippen LogP contribution in [0.1, 0.15) is 218 Å².